The summed E-state index contributed by atoms with van der Waals surface area (Å²) in [5.41, 5.74) is 2.90. The van der Waals surface area contributed by atoms with E-state index in [2.05, 4.69) is 31.6 Å². The molecular weight excluding hydrogens is 450 g/mol. The van der Waals surface area contributed by atoms with Gasteiger partial charge in [0.2, 0.25) is 5.91 Å². The number of amides is 2. The number of nitrogens with one attached hydrogen (secondary N) is 1. The average molecular weight is 470 g/mol. The summed E-state index contributed by atoms with van der Waals surface area (Å²) >= 11 is 3.43. The Morgan fingerprint density at radius 1 is 1.23 bits per heavy atom. The van der Waals surface area contributed by atoms with Crippen LogP contribution in [0, 0.1) is 6.92 Å². The van der Waals surface area contributed by atoms with Crippen LogP contribution in [-0.2, 0) is 4.79 Å². The molecule has 1 fully saturated rings. The Morgan fingerprint density at radius 3 is 2.77 bits per heavy atom. The Hall–Kier alpha value is -3.20. The minimum absolute atomic E-state index is 0.0740. The Kier molecular flexibility index (Phi) is 5.54. The summed E-state index contributed by atoms with van der Waals surface area (Å²) in [6.07, 6.45) is 1.36. The predicted octanol–water partition coefficient (Wildman–Crippen LogP) is 3.73. The number of benzene rings is 2. The first kappa shape index (κ1) is 20.1. The molecule has 9 heteroatoms. The van der Waals surface area contributed by atoms with Crippen molar-refractivity contribution in [3.8, 4) is 11.4 Å². The van der Waals surface area contributed by atoms with Gasteiger partial charge in [-0.25, -0.2) is 4.68 Å². The van der Waals surface area contributed by atoms with Gasteiger partial charge in [0.05, 0.1) is 24.2 Å². The number of hydrogen-bond donors (Lipinski definition) is 1. The van der Waals surface area contributed by atoms with E-state index < -0.39 is 0 Å². The van der Waals surface area contributed by atoms with E-state index in [1.54, 1.807) is 41.8 Å². The van der Waals surface area contributed by atoms with E-state index in [0.717, 1.165) is 16.6 Å². The number of halogens is 1. The molecule has 1 saturated heterocycles. The second-order valence-corrected chi connectivity index (χ2v) is 7.82. The van der Waals surface area contributed by atoms with Crippen LogP contribution >= 0.6 is 15.9 Å². The van der Waals surface area contributed by atoms with Crippen molar-refractivity contribution in [3.05, 3.63) is 58.3 Å². The summed E-state index contributed by atoms with van der Waals surface area (Å²) in [5, 5.41) is 11.0. The van der Waals surface area contributed by atoms with Crippen molar-refractivity contribution in [2.45, 2.75) is 19.8 Å². The third kappa shape index (κ3) is 3.80. The fourth-order valence-electron chi connectivity index (χ4n) is 3.46. The molecule has 1 aromatic heterocycles. The molecule has 1 aliphatic rings. The van der Waals surface area contributed by atoms with Crippen LogP contribution in [0.2, 0.25) is 0 Å². The summed E-state index contributed by atoms with van der Waals surface area (Å²) in [7, 11) is 1.54. The molecule has 30 heavy (non-hydrogen) atoms. The highest BCUT2D eigenvalue weighted by Gasteiger charge is 2.25. The summed E-state index contributed by atoms with van der Waals surface area (Å²) in [4.78, 5) is 26.6. The molecule has 3 aromatic rings. The van der Waals surface area contributed by atoms with E-state index in [1.807, 2.05) is 24.3 Å². The fourth-order valence-corrected chi connectivity index (χ4v) is 3.85. The molecule has 0 aliphatic carbocycles. The molecule has 2 aromatic carbocycles. The van der Waals surface area contributed by atoms with Crippen LogP contribution in [0.25, 0.3) is 5.69 Å². The molecule has 2 amide bonds. The molecule has 8 nitrogen and oxygen atoms in total. The molecule has 0 bridgehead atoms. The van der Waals surface area contributed by atoms with Crippen molar-refractivity contribution < 1.29 is 14.3 Å². The number of carbonyl (C=O) groups excluding carboxylic acids is 2. The lowest BCUT2D eigenvalue weighted by Gasteiger charge is -2.19. The van der Waals surface area contributed by atoms with Gasteiger partial charge in [0.25, 0.3) is 5.91 Å². The molecule has 154 valence electrons. The fraction of sp³-hybridized carbons (Fsp3) is 0.238. The molecule has 0 unspecified atom stereocenters. The summed E-state index contributed by atoms with van der Waals surface area (Å²) in [6, 6.07) is 12.8. The van der Waals surface area contributed by atoms with Crippen LogP contribution in [0.5, 0.6) is 5.75 Å². The first-order valence-corrected chi connectivity index (χ1v) is 10.2. The number of aromatic nitrogens is 3. The maximum Gasteiger partial charge on any atom is 0.278 e. The second kappa shape index (κ2) is 8.27. The molecule has 0 spiro atoms. The van der Waals surface area contributed by atoms with Crippen molar-refractivity contribution in [1.29, 1.82) is 0 Å². The number of nitrogens with zero attached hydrogens (tertiary/aromatic N) is 4. The van der Waals surface area contributed by atoms with E-state index in [9.17, 15) is 9.59 Å². The summed E-state index contributed by atoms with van der Waals surface area (Å²) in [6.45, 7) is 2.46. The molecule has 0 atom stereocenters. The van der Waals surface area contributed by atoms with E-state index in [1.165, 1.54) is 0 Å². The lowest BCUT2D eigenvalue weighted by Crippen LogP contribution is -2.24. The smallest absolute Gasteiger partial charge is 0.278 e. The normalized spacial score (nSPS) is 13.6. The predicted molar refractivity (Wildman–Crippen MR) is 116 cm³/mol. The Labute approximate surface area is 182 Å². The Balaban J connectivity index is 1.56. The lowest BCUT2D eigenvalue weighted by atomic mass is 10.2. The van der Waals surface area contributed by atoms with Crippen LogP contribution in [0.4, 0.5) is 11.4 Å². The second-order valence-electron chi connectivity index (χ2n) is 6.90. The molecule has 0 radical (unpaired) electrons. The summed E-state index contributed by atoms with van der Waals surface area (Å²) in [5.74, 6) is 0.225. The molecule has 0 saturated carbocycles. The van der Waals surface area contributed by atoms with Gasteiger partial charge in [0, 0.05) is 29.2 Å². The van der Waals surface area contributed by atoms with Crippen molar-refractivity contribution in [1.82, 2.24) is 15.0 Å². The number of anilines is 2. The van der Waals surface area contributed by atoms with Crippen LogP contribution < -0.4 is 15.0 Å². The van der Waals surface area contributed by atoms with Gasteiger partial charge in [-0.3, -0.25) is 9.59 Å². The van der Waals surface area contributed by atoms with Crippen molar-refractivity contribution in [2.75, 3.05) is 23.9 Å². The highest BCUT2D eigenvalue weighted by atomic mass is 79.9. The zero-order chi connectivity index (χ0) is 21.3. The van der Waals surface area contributed by atoms with Crippen LogP contribution in [0.1, 0.15) is 29.0 Å². The van der Waals surface area contributed by atoms with Gasteiger partial charge in [-0.1, -0.05) is 27.2 Å². The van der Waals surface area contributed by atoms with Gasteiger partial charge in [-0.2, -0.15) is 0 Å². The van der Waals surface area contributed by atoms with Gasteiger partial charge in [0.15, 0.2) is 5.69 Å². The third-order valence-electron chi connectivity index (χ3n) is 4.96. The van der Waals surface area contributed by atoms with E-state index in [-0.39, 0.29) is 17.5 Å². The Bertz CT molecular complexity index is 1130. The lowest BCUT2D eigenvalue weighted by molar-refractivity contribution is -0.117. The van der Waals surface area contributed by atoms with Crippen LogP contribution in [-0.4, -0.2) is 40.5 Å². The van der Waals surface area contributed by atoms with E-state index in [4.69, 9.17) is 4.74 Å². The summed E-state index contributed by atoms with van der Waals surface area (Å²) < 4.78 is 7.97. The number of rotatable bonds is 5. The minimum atomic E-state index is -0.374. The van der Waals surface area contributed by atoms with Gasteiger partial charge >= 0.3 is 0 Å². The maximum atomic E-state index is 12.8. The van der Waals surface area contributed by atoms with Crippen molar-refractivity contribution in [2.24, 2.45) is 0 Å². The largest absolute Gasteiger partial charge is 0.494 e. The Morgan fingerprint density at radius 2 is 2.07 bits per heavy atom. The zero-order valence-electron chi connectivity index (χ0n) is 16.6. The number of hydrogen-bond acceptors (Lipinski definition) is 5. The monoisotopic (exact) mass is 469 g/mol. The highest BCUT2D eigenvalue weighted by molar-refractivity contribution is 9.10. The quantitative estimate of drug-likeness (QED) is 0.614. The average Bonchev–Trinajstić information content (AvgIpc) is 3.33. The number of ether oxygens (including phenoxy) is 1. The van der Waals surface area contributed by atoms with Gasteiger partial charge in [-0.15, -0.1) is 5.10 Å². The van der Waals surface area contributed by atoms with Gasteiger partial charge in [0.1, 0.15) is 5.75 Å². The molecule has 2 heterocycles. The van der Waals surface area contributed by atoms with Gasteiger partial charge in [-0.05, 0) is 43.7 Å². The van der Waals surface area contributed by atoms with E-state index >= 15 is 0 Å². The first-order chi connectivity index (χ1) is 14.5. The van der Waals surface area contributed by atoms with E-state index in [0.29, 0.717) is 35.8 Å². The van der Waals surface area contributed by atoms with Gasteiger partial charge < -0.3 is 15.0 Å². The standard InChI is InChI=1S/C21H20BrN5O3/c1-13-20(24-25-27(13)16-6-3-5-14(22)11-16)21(29)23-15-8-9-17(18(12-15)30-2)26-10-4-7-19(26)28/h3,5-6,8-9,11-12H,4,7,10H2,1-2H3,(H,23,29). The maximum absolute atomic E-state index is 12.8. The molecule has 1 N–H and O–H groups in total. The van der Waals surface area contributed by atoms with Crippen molar-refractivity contribution >= 4 is 39.1 Å². The SMILES string of the molecule is COc1cc(NC(=O)c2nnn(-c3cccc(Br)c3)c2C)ccc1N1CCCC1=O. The molecule has 1 aliphatic heterocycles. The third-order valence-corrected chi connectivity index (χ3v) is 5.46. The zero-order valence-corrected chi connectivity index (χ0v) is 18.1. The number of carbonyl (C=O) groups is 2. The van der Waals surface area contributed by atoms with Crippen LogP contribution in [0.3, 0.4) is 0 Å². The number of methoxy groups -OCH3 is 1. The highest BCUT2D eigenvalue weighted by Crippen LogP contribution is 2.34. The van der Waals surface area contributed by atoms with Crippen molar-refractivity contribution in [3.63, 3.8) is 0 Å². The topological polar surface area (TPSA) is 89.3 Å². The molecular formula is C21H20BrN5O3. The molecule has 4 rings (SSSR count). The first-order valence-electron chi connectivity index (χ1n) is 9.46. The minimum Gasteiger partial charge on any atom is -0.494 e. The van der Waals surface area contributed by atoms with Crippen LogP contribution in [0.15, 0.2) is 46.9 Å².